The second kappa shape index (κ2) is 6.38. The first-order valence-electron chi connectivity index (χ1n) is 6.45. The minimum absolute atomic E-state index is 0.356. The number of para-hydroxylation sites is 1. The standard InChI is InChI=1S/C14H20N4O2/c1-10-16-17-13(18(10)3)9-20-14-11(8-15-2)6-5-7-12(14)19-4/h5-7,15H,8-9H2,1-4H3. The van der Waals surface area contributed by atoms with Crippen molar-refractivity contribution >= 4 is 0 Å². The van der Waals surface area contributed by atoms with Crippen molar-refractivity contribution in [2.45, 2.75) is 20.1 Å². The Morgan fingerprint density at radius 1 is 1.30 bits per heavy atom. The average molecular weight is 276 g/mol. The van der Waals surface area contributed by atoms with Crippen LogP contribution in [-0.4, -0.2) is 28.9 Å². The highest BCUT2D eigenvalue weighted by atomic mass is 16.5. The molecule has 1 aromatic carbocycles. The van der Waals surface area contributed by atoms with Crippen LogP contribution in [0.3, 0.4) is 0 Å². The van der Waals surface area contributed by atoms with E-state index in [-0.39, 0.29) is 0 Å². The maximum atomic E-state index is 5.90. The van der Waals surface area contributed by atoms with Gasteiger partial charge >= 0.3 is 0 Å². The molecule has 1 aromatic heterocycles. The second-order valence-corrected chi connectivity index (χ2v) is 4.49. The molecule has 0 aliphatic carbocycles. The van der Waals surface area contributed by atoms with Gasteiger partial charge < -0.3 is 19.4 Å². The van der Waals surface area contributed by atoms with Gasteiger partial charge in [0.25, 0.3) is 0 Å². The van der Waals surface area contributed by atoms with Crippen molar-refractivity contribution in [3.8, 4) is 11.5 Å². The van der Waals surface area contributed by atoms with Gasteiger partial charge in [0.15, 0.2) is 17.3 Å². The largest absolute Gasteiger partial charge is 0.493 e. The molecule has 108 valence electrons. The van der Waals surface area contributed by atoms with Gasteiger partial charge in [-0.1, -0.05) is 12.1 Å². The minimum atomic E-state index is 0.356. The monoisotopic (exact) mass is 276 g/mol. The molecular weight excluding hydrogens is 256 g/mol. The molecule has 0 saturated heterocycles. The third-order valence-electron chi connectivity index (χ3n) is 3.18. The first-order chi connectivity index (χ1) is 9.67. The van der Waals surface area contributed by atoms with E-state index in [9.17, 15) is 0 Å². The number of rotatable bonds is 6. The third-order valence-corrected chi connectivity index (χ3v) is 3.18. The fourth-order valence-electron chi connectivity index (χ4n) is 1.93. The van der Waals surface area contributed by atoms with E-state index in [4.69, 9.17) is 9.47 Å². The number of benzene rings is 1. The van der Waals surface area contributed by atoms with Gasteiger partial charge in [-0.15, -0.1) is 10.2 Å². The number of hydrogen-bond donors (Lipinski definition) is 1. The Labute approximate surface area is 118 Å². The Bertz CT molecular complexity index is 581. The molecule has 1 heterocycles. The van der Waals surface area contributed by atoms with Gasteiger partial charge in [0.05, 0.1) is 7.11 Å². The Morgan fingerprint density at radius 2 is 2.10 bits per heavy atom. The van der Waals surface area contributed by atoms with Crippen molar-refractivity contribution in [3.63, 3.8) is 0 Å². The van der Waals surface area contributed by atoms with Crippen LogP contribution in [0.4, 0.5) is 0 Å². The van der Waals surface area contributed by atoms with Gasteiger partial charge in [-0.2, -0.15) is 0 Å². The van der Waals surface area contributed by atoms with Crippen LogP contribution in [-0.2, 0) is 20.2 Å². The van der Waals surface area contributed by atoms with E-state index in [0.29, 0.717) is 13.2 Å². The summed E-state index contributed by atoms with van der Waals surface area (Å²) in [6.07, 6.45) is 0. The average Bonchev–Trinajstić information content (AvgIpc) is 2.77. The predicted molar refractivity (Wildman–Crippen MR) is 75.8 cm³/mol. The summed E-state index contributed by atoms with van der Waals surface area (Å²) in [5, 5.41) is 11.2. The topological polar surface area (TPSA) is 61.2 Å². The molecule has 20 heavy (non-hydrogen) atoms. The summed E-state index contributed by atoms with van der Waals surface area (Å²) in [7, 11) is 5.46. The summed E-state index contributed by atoms with van der Waals surface area (Å²) in [6, 6.07) is 5.84. The highest BCUT2D eigenvalue weighted by molar-refractivity contribution is 5.46. The molecule has 0 aliphatic heterocycles. The van der Waals surface area contributed by atoms with Gasteiger partial charge in [0, 0.05) is 19.2 Å². The first-order valence-corrected chi connectivity index (χ1v) is 6.45. The van der Waals surface area contributed by atoms with E-state index in [2.05, 4.69) is 15.5 Å². The van der Waals surface area contributed by atoms with Gasteiger partial charge in [-0.25, -0.2) is 0 Å². The highest BCUT2D eigenvalue weighted by Crippen LogP contribution is 2.31. The van der Waals surface area contributed by atoms with Crippen LogP contribution in [0.1, 0.15) is 17.2 Å². The molecule has 2 rings (SSSR count). The van der Waals surface area contributed by atoms with Crippen molar-refractivity contribution in [1.82, 2.24) is 20.1 Å². The van der Waals surface area contributed by atoms with Crippen LogP contribution >= 0.6 is 0 Å². The summed E-state index contributed by atoms with van der Waals surface area (Å²) in [5.74, 6) is 3.10. The van der Waals surface area contributed by atoms with E-state index in [0.717, 1.165) is 28.7 Å². The Balaban J connectivity index is 2.21. The van der Waals surface area contributed by atoms with Crippen molar-refractivity contribution < 1.29 is 9.47 Å². The fourth-order valence-corrected chi connectivity index (χ4v) is 1.93. The Morgan fingerprint density at radius 3 is 2.70 bits per heavy atom. The molecule has 1 N–H and O–H groups in total. The first kappa shape index (κ1) is 14.3. The summed E-state index contributed by atoms with van der Waals surface area (Å²) in [6.45, 7) is 2.98. The number of hydrogen-bond acceptors (Lipinski definition) is 5. The summed E-state index contributed by atoms with van der Waals surface area (Å²) in [5.41, 5.74) is 1.05. The molecule has 0 saturated carbocycles. The normalized spacial score (nSPS) is 10.6. The molecule has 0 fully saturated rings. The molecule has 0 radical (unpaired) electrons. The van der Waals surface area contributed by atoms with E-state index in [1.54, 1.807) is 7.11 Å². The van der Waals surface area contributed by atoms with Crippen LogP contribution in [0.5, 0.6) is 11.5 Å². The second-order valence-electron chi connectivity index (χ2n) is 4.49. The van der Waals surface area contributed by atoms with Crippen LogP contribution in [0.25, 0.3) is 0 Å². The number of methoxy groups -OCH3 is 1. The van der Waals surface area contributed by atoms with Crippen LogP contribution < -0.4 is 14.8 Å². The SMILES string of the molecule is CNCc1cccc(OC)c1OCc1nnc(C)n1C. The number of aromatic nitrogens is 3. The Hall–Kier alpha value is -2.08. The Kier molecular flexibility index (Phi) is 4.57. The molecular formula is C14H20N4O2. The van der Waals surface area contributed by atoms with Crippen molar-refractivity contribution in [3.05, 3.63) is 35.4 Å². The van der Waals surface area contributed by atoms with Crippen molar-refractivity contribution in [2.75, 3.05) is 14.2 Å². The minimum Gasteiger partial charge on any atom is -0.493 e. The van der Waals surface area contributed by atoms with Gasteiger partial charge in [-0.3, -0.25) is 0 Å². The lowest BCUT2D eigenvalue weighted by Gasteiger charge is -2.14. The van der Waals surface area contributed by atoms with E-state index >= 15 is 0 Å². The summed E-state index contributed by atoms with van der Waals surface area (Å²) >= 11 is 0. The van der Waals surface area contributed by atoms with Crippen molar-refractivity contribution in [1.29, 1.82) is 0 Å². The molecule has 0 bridgehead atoms. The third kappa shape index (κ3) is 2.91. The quantitative estimate of drug-likeness (QED) is 0.865. The number of aryl methyl sites for hydroxylation is 1. The van der Waals surface area contributed by atoms with Crippen LogP contribution in [0.15, 0.2) is 18.2 Å². The lowest BCUT2D eigenvalue weighted by atomic mass is 10.2. The fraction of sp³-hybridized carbons (Fsp3) is 0.429. The molecule has 0 aliphatic rings. The van der Waals surface area contributed by atoms with Gasteiger partial charge in [0.1, 0.15) is 12.4 Å². The van der Waals surface area contributed by atoms with E-state index in [1.807, 2.05) is 43.8 Å². The molecule has 0 amide bonds. The van der Waals surface area contributed by atoms with Gasteiger partial charge in [0.2, 0.25) is 0 Å². The molecule has 6 heteroatoms. The summed E-state index contributed by atoms with van der Waals surface area (Å²) in [4.78, 5) is 0. The van der Waals surface area contributed by atoms with Crippen LogP contribution in [0.2, 0.25) is 0 Å². The van der Waals surface area contributed by atoms with E-state index in [1.165, 1.54) is 0 Å². The smallest absolute Gasteiger partial charge is 0.170 e. The predicted octanol–water partition coefficient (Wildman–Crippen LogP) is 1.43. The molecule has 2 aromatic rings. The van der Waals surface area contributed by atoms with Gasteiger partial charge in [-0.05, 0) is 20.0 Å². The zero-order chi connectivity index (χ0) is 14.5. The zero-order valence-corrected chi connectivity index (χ0v) is 12.3. The number of nitrogens with one attached hydrogen (secondary N) is 1. The molecule has 6 nitrogen and oxygen atoms in total. The molecule has 0 atom stereocenters. The molecule has 0 unspecified atom stereocenters. The van der Waals surface area contributed by atoms with Crippen molar-refractivity contribution in [2.24, 2.45) is 7.05 Å². The number of ether oxygens (including phenoxy) is 2. The maximum Gasteiger partial charge on any atom is 0.170 e. The maximum absolute atomic E-state index is 5.90. The lowest BCUT2D eigenvalue weighted by Crippen LogP contribution is -2.10. The van der Waals surface area contributed by atoms with Crippen LogP contribution in [0, 0.1) is 6.92 Å². The molecule has 0 spiro atoms. The summed E-state index contributed by atoms with van der Waals surface area (Å²) < 4.78 is 13.2. The number of nitrogens with zero attached hydrogens (tertiary/aromatic N) is 3. The van der Waals surface area contributed by atoms with E-state index < -0.39 is 0 Å². The lowest BCUT2D eigenvalue weighted by molar-refractivity contribution is 0.269. The zero-order valence-electron chi connectivity index (χ0n) is 12.3. The highest BCUT2D eigenvalue weighted by Gasteiger charge is 2.12.